The van der Waals surface area contributed by atoms with Crippen molar-refractivity contribution >= 4 is 51.3 Å². The van der Waals surface area contributed by atoms with E-state index in [1.165, 1.54) is 70.6 Å². The van der Waals surface area contributed by atoms with Crippen LogP contribution in [-0.2, 0) is 36.8 Å². The van der Waals surface area contributed by atoms with Crippen LogP contribution in [0.1, 0.15) is 159 Å². The smallest absolute Gasteiger partial charge is 0.243 e. The Labute approximate surface area is 392 Å². The van der Waals surface area contributed by atoms with Gasteiger partial charge in [0.1, 0.15) is 24.2 Å². The zero-order valence-corrected chi connectivity index (χ0v) is 39.7. The molecule has 12 N–H and O–H groups in total. The average molecular weight is 912 g/mol. The lowest BCUT2D eigenvalue weighted by molar-refractivity contribution is -0.134. The van der Waals surface area contributed by atoms with Gasteiger partial charge in [-0.05, 0) is 81.3 Å². The Hall–Kier alpha value is -5.21. The molecule has 0 aliphatic carbocycles. The number of nitrogens with two attached hydrogens (primary N) is 3. The summed E-state index contributed by atoms with van der Waals surface area (Å²) in [6.07, 6.45) is 25.7. The molecule has 14 heteroatoms. The topological polar surface area (TPSA) is 243 Å². The summed E-state index contributed by atoms with van der Waals surface area (Å²) in [6, 6.07) is 11.2. The molecule has 0 fully saturated rings. The van der Waals surface area contributed by atoms with Crippen molar-refractivity contribution in [2.24, 2.45) is 17.2 Å². The van der Waals surface area contributed by atoms with Gasteiger partial charge in [0.05, 0.1) is 0 Å². The number of hydrogen-bond donors (Lipinski definition) is 9. The van der Waals surface area contributed by atoms with Crippen molar-refractivity contribution in [3.8, 4) is 0 Å². The molecule has 14 nitrogen and oxygen atoms in total. The summed E-state index contributed by atoms with van der Waals surface area (Å²) < 4.78 is 0. The fourth-order valence-electron chi connectivity index (χ4n) is 8.74. The van der Waals surface area contributed by atoms with Gasteiger partial charge in [0, 0.05) is 53.5 Å². The van der Waals surface area contributed by atoms with E-state index in [1.807, 2.05) is 48.5 Å². The number of nitrogens with one attached hydrogen (secondary N) is 6. The van der Waals surface area contributed by atoms with Crippen molar-refractivity contribution in [3.63, 3.8) is 0 Å². The average Bonchev–Trinajstić information content (AvgIpc) is 3.92. The SMILES string of the molecule is CCCCCCCCCCCCCCCCCC(=O)N[C@@H](CCCCN)C(=O)N[C@@H](CCCCN)C(=O)N[C@@H](Cc1c[nH]c2ccccc12)C(=O)N[C@@H](Cc1c[nH]c2ccccc12)C(N)=O. The molecule has 2 aromatic heterocycles. The van der Waals surface area contributed by atoms with Crippen molar-refractivity contribution in [2.45, 2.75) is 185 Å². The summed E-state index contributed by atoms with van der Waals surface area (Å²) >= 11 is 0. The predicted octanol–water partition coefficient (Wildman–Crippen LogP) is 7.38. The molecule has 0 saturated heterocycles. The number of H-pyrrole nitrogens is 2. The van der Waals surface area contributed by atoms with Crippen molar-refractivity contribution in [3.05, 3.63) is 72.1 Å². The van der Waals surface area contributed by atoms with Crippen LogP contribution in [0.2, 0.25) is 0 Å². The highest BCUT2D eigenvalue weighted by Crippen LogP contribution is 2.22. The van der Waals surface area contributed by atoms with Gasteiger partial charge in [0.25, 0.3) is 0 Å². The third-order valence-electron chi connectivity index (χ3n) is 12.7. The molecule has 4 atom stereocenters. The van der Waals surface area contributed by atoms with Gasteiger partial charge in [-0.3, -0.25) is 24.0 Å². The van der Waals surface area contributed by atoms with Crippen LogP contribution in [-0.4, -0.2) is 76.8 Å². The van der Waals surface area contributed by atoms with Gasteiger partial charge in [-0.25, -0.2) is 0 Å². The molecule has 2 heterocycles. The van der Waals surface area contributed by atoms with Crippen LogP contribution in [0.3, 0.4) is 0 Å². The number of fused-ring (bicyclic) bond motifs is 2. The normalized spacial score (nSPS) is 13.3. The van der Waals surface area contributed by atoms with Crippen LogP contribution >= 0.6 is 0 Å². The van der Waals surface area contributed by atoms with Gasteiger partial charge >= 0.3 is 0 Å². The molecular formula is C52H81N9O5. The van der Waals surface area contributed by atoms with Crippen LogP contribution in [0.25, 0.3) is 21.8 Å². The first-order valence-corrected chi connectivity index (χ1v) is 25.1. The Morgan fingerprint density at radius 1 is 0.485 bits per heavy atom. The van der Waals surface area contributed by atoms with Gasteiger partial charge < -0.3 is 48.4 Å². The maximum atomic E-state index is 14.3. The Morgan fingerprint density at radius 3 is 1.35 bits per heavy atom. The predicted molar refractivity (Wildman–Crippen MR) is 266 cm³/mol. The number of aromatic amines is 2. The van der Waals surface area contributed by atoms with Crippen LogP contribution in [0.4, 0.5) is 0 Å². The number of primary amides is 1. The number of benzene rings is 2. The summed E-state index contributed by atoms with van der Waals surface area (Å²) in [5, 5.41) is 13.4. The lowest BCUT2D eigenvalue weighted by Gasteiger charge is -2.26. The summed E-state index contributed by atoms with van der Waals surface area (Å²) in [5.41, 5.74) is 20.8. The highest BCUT2D eigenvalue weighted by atomic mass is 16.2. The number of rotatable bonds is 36. The van der Waals surface area contributed by atoms with E-state index in [-0.39, 0.29) is 25.2 Å². The van der Waals surface area contributed by atoms with E-state index >= 15 is 0 Å². The Morgan fingerprint density at radius 2 is 0.879 bits per heavy atom. The standard InChI is InChI=1S/C52H81N9O5/c1-2-3-4-5-6-7-8-9-10-11-12-13-14-15-16-31-48(62)58-44(29-21-23-32-53)50(64)59-45(30-22-24-33-54)51(65)61-47(35-39-37-57-43-28-20-18-26-41(39)43)52(66)60-46(49(55)63)34-38-36-56-42-27-19-17-25-40(38)42/h17-20,25-28,36-37,44-47,56-57H,2-16,21-24,29-35,53-54H2,1H3,(H2,55,63)(H,58,62)(H,59,64)(H,60,66)(H,61,65)/t44-,45-,46-,47-/m0/s1. The molecule has 0 spiro atoms. The van der Waals surface area contributed by atoms with E-state index < -0.39 is 47.8 Å². The van der Waals surface area contributed by atoms with Gasteiger partial charge in [-0.15, -0.1) is 0 Å². The molecule has 0 saturated carbocycles. The molecule has 364 valence electrons. The minimum Gasteiger partial charge on any atom is -0.368 e. The second-order valence-corrected chi connectivity index (χ2v) is 18.1. The van der Waals surface area contributed by atoms with Crippen molar-refractivity contribution in [1.82, 2.24) is 31.2 Å². The summed E-state index contributed by atoms with van der Waals surface area (Å²) in [4.78, 5) is 75.1. The van der Waals surface area contributed by atoms with E-state index in [1.54, 1.807) is 12.4 Å². The van der Waals surface area contributed by atoms with Gasteiger partial charge in [-0.2, -0.15) is 0 Å². The van der Waals surface area contributed by atoms with Crippen LogP contribution in [0, 0.1) is 0 Å². The maximum absolute atomic E-state index is 14.3. The number of aromatic nitrogens is 2. The third kappa shape index (κ3) is 18.9. The maximum Gasteiger partial charge on any atom is 0.243 e. The Bertz CT molecular complexity index is 2050. The molecule has 0 aliphatic heterocycles. The highest BCUT2D eigenvalue weighted by Gasteiger charge is 2.32. The summed E-state index contributed by atoms with van der Waals surface area (Å²) in [6.45, 7) is 3.10. The highest BCUT2D eigenvalue weighted by molar-refractivity contribution is 5.96. The minimum atomic E-state index is -1.15. The van der Waals surface area contributed by atoms with E-state index in [0.717, 1.165) is 58.6 Å². The van der Waals surface area contributed by atoms with E-state index in [9.17, 15) is 24.0 Å². The van der Waals surface area contributed by atoms with Gasteiger partial charge in [0.15, 0.2) is 0 Å². The third-order valence-corrected chi connectivity index (χ3v) is 12.7. The monoisotopic (exact) mass is 912 g/mol. The van der Waals surface area contributed by atoms with Crippen LogP contribution < -0.4 is 38.5 Å². The quantitative estimate of drug-likeness (QED) is 0.0210. The fourth-order valence-corrected chi connectivity index (χ4v) is 8.74. The summed E-state index contributed by atoms with van der Waals surface area (Å²) in [7, 11) is 0. The van der Waals surface area contributed by atoms with Gasteiger partial charge in [0.2, 0.25) is 29.5 Å². The Balaban J connectivity index is 1.37. The number of unbranched alkanes of at least 4 members (excludes halogenated alkanes) is 16. The van der Waals surface area contributed by atoms with Crippen LogP contribution in [0.15, 0.2) is 60.9 Å². The first kappa shape index (κ1) is 53.4. The zero-order chi connectivity index (χ0) is 47.4. The molecule has 0 unspecified atom stereocenters. The molecule has 5 amide bonds. The largest absolute Gasteiger partial charge is 0.368 e. The first-order chi connectivity index (χ1) is 32.1. The van der Waals surface area contributed by atoms with E-state index in [2.05, 4.69) is 38.2 Å². The number of amides is 5. The number of para-hydroxylation sites is 2. The van der Waals surface area contributed by atoms with Crippen LogP contribution in [0.5, 0.6) is 0 Å². The van der Waals surface area contributed by atoms with Crippen molar-refractivity contribution < 1.29 is 24.0 Å². The first-order valence-electron chi connectivity index (χ1n) is 25.1. The molecule has 4 aromatic rings. The number of hydrogen-bond acceptors (Lipinski definition) is 7. The van der Waals surface area contributed by atoms with Crippen molar-refractivity contribution in [1.29, 1.82) is 0 Å². The molecule has 4 rings (SSSR count). The molecule has 0 bridgehead atoms. The second kappa shape index (κ2) is 30.9. The second-order valence-electron chi connectivity index (χ2n) is 18.1. The number of carbonyl (C=O) groups excluding carboxylic acids is 5. The Kier molecular flexibility index (Phi) is 25.0. The molecule has 66 heavy (non-hydrogen) atoms. The molecule has 0 radical (unpaired) electrons. The molecular weight excluding hydrogens is 831 g/mol. The zero-order valence-electron chi connectivity index (χ0n) is 39.7. The lowest BCUT2D eigenvalue weighted by Crippen LogP contribution is -2.58. The number of carbonyl (C=O) groups is 5. The molecule has 2 aromatic carbocycles. The fraction of sp³-hybridized carbons (Fsp3) is 0.596. The minimum absolute atomic E-state index is 0.0840. The lowest BCUT2D eigenvalue weighted by atomic mass is 10.0. The molecule has 0 aliphatic rings. The van der Waals surface area contributed by atoms with E-state index in [0.29, 0.717) is 51.6 Å². The van der Waals surface area contributed by atoms with E-state index in [4.69, 9.17) is 17.2 Å². The van der Waals surface area contributed by atoms with Gasteiger partial charge in [-0.1, -0.05) is 133 Å². The van der Waals surface area contributed by atoms with Crippen molar-refractivity contribution in [2.75, 3.05) is 13.1 Å². The summed E-state index contributed by atoms with van der Waals surface area (Å²) in [5.74, 6) is -2.57.